The van der Waals surface area contributed by atoms with Crippen molar-refractivity contribution in [2.24, 2.45) is 5.92 Å². The third kappa shape index (κ3) is 1.95. The minimum atomic E-state index is 0.270. The molecule has 2 aliphatic heterocycles. The maximum atomic E-state index is 9.87. The Morgan fingerprint density at radius 1 is 1.33 bits per heavy atom. The zero-order chi connectivity index (χ0) is 14.4. The molecular weight excluding hydrogens is 260 g/mol. The lowest BCUT2D eigenvalue weighted by Gasteiger charge is -2.48. The topological polar surface area (TPSA) is 39.3 Å². The molecule has 1 aromatic carbocycles. The summed E-state index contributed by atoms with van der Waals surface area (Å²) in [5, 5.41) is 11.2. The quantitative estimate of drug-likeness (QED) is 0.888. The third-order valence-electron chi connectivity index (χ3n) is 5.58. The minimum Gasteiger partial charge on any atom is -0.395 e. The molecule has 3 heterocycles. The Labute approximate surface area is 126 Å². The molecular formula is C18H24N2O. The lowest BCUT2D eigenvalue weighted by molar-refractivity contribution is 0.0106. The molecule has 2 aliphatic rings. The maximum Gasteiger partial charge on any atom is 0.0590 e. The molecule has 0 unspecified atom stereocenters. The zero-order valence-corrected chi connectivity index (χ0v) is 12.7. The van der Waals surface area contributed by atoms with E-state index >= 15 is 0 Å². The van der Waals surface area contributed by atoms with E-state index in [1.807, 2.05) is 0 Å². The number of para-hydroxylation sites is 1. The van der Waals surface area contributed by atoms with Crippen molar-refractivity contribution in [2.45, 2.75) is 44.7 Å². The van der Waals surface area contributed by atoms with Gasteiger partial charge in [0, 0.05) is 22.6 Å². The number of H-pyrrole nitrogens is 1. The molecule has 0 spiro atoms. The van der Waals surface area contributed by atoms with Crippen molar-refractivity contribution in [1.82, 2.24) is 9.88 Å². The first-order valence-corrected chi connectivity index (χ1v) is 8.29. The number of benzene rings is 1. The molecule has 0 saturated carbocycles. The normalized spacial score (nSPS) is 29.3. The Kier molecular flexibility index (Phi) is 3.27. The number of fused-ring (bicyclic) bond motifs is 5. The van der Waals surface area contributed by atoms with E-state index in [1.54, 1.807) is 0 Å². The highest BCUT2D eigenvalue weighted by Gasteiger charge is 2.41. The number of aliphatic hydroxyl groups excluding tert-OH is 1. The van der Waals surface area contributed by atoms with Crippen LogP contribution in [-0.2, 0) is 6.42 Å². The molecule has 0 amide bonds. The highest BCUT2D eigenvalue weighted by atomic mass is 16.3. The van der Waals surface area contributed by atoms with Gasteiger partial charge in [0.15, 0.2) is 0 Å². The number of nitrogens with zero attached hydrogens (tertiary/aromatic N) is 1. The van der Waals surface area contributed by atoms with Gasteiger partial charge < -0.3 is 10.1 Å². The van der Waals surface area contributed by atoms with Crippen LogP contribution in [0.25, 0.3) is 10.9 Å². The van der Waals surface area contributed by atoms with Gasteiger partial charge in [-0.05, 0) is 43.4 Å². The molecule has 3 atom stereocenters. The number of piperidine rings is 1. The molecule has 21 heavy (non-hydrogen) atoms. The number of aromatic amines is 1. The van der Waals surface area contributed by atoms with E-state index in [0.717, 1.165) is 13.0 Å². The van der Waals surface area contributed by atoms with Gasteiger partial charge in [0.25, 0.3) is 0 Å². The molecule has 2 aromatic rings. The largest absolute Gasteiger partial charge is 0.395 e. The van der Waals surface area contributed by atoms with E-state index in [0.29, 0.717) is 12.0 Å². The fourth-order valence-corrected chi connectivity index (χ4v) is 4.56. The average Bonchev–Trinajstić information content (AvgIpc) is 2.92. The average molecular weight is 284 g/mol. The highest BCUT2D eigenvalue weighted by molar-refractivity contribution is 5.85. The van der Waals surface area contributed by atoms with Gasteiger partial charge in [-0.1, -0.05) is 31.5 Å². The van der Waals surface area contributed by atoms with E-state index in [4.69, 9.17) is 0 Å². The first-order valence-electron chi connectivity index (χ1n) is 8.29. The number of hydrogen-bond donors (Lipinski definition) is 2. The molecule has 112 valence electrons. The van der Waals surface area contributed by atoms with Crippen LogP contribution in [-0.4, -0.2) is 34.2 Å². The van der Waals surface area contributed by atoms with E-state index < -0.39 is 0 Å². The Hall–Kier alpha value is -1.32. The molecule has 0 aliphatic carbocycles. The Morgan fingerprint density at radius 2 is 2.19 bits per heavy atom. The number of rotatable bonds is 2. The van der Waals surface area contributed by atoms with Crippen LogP contribution in [0.3, 0.4) is 0 Å². The van der Waals surface area contributed by atoms with Crippen LogP contribution >= 0.6 is 0 Å². The molecule has 3 nitrogen and oxygen atoms in total. The summed E-state index contributed by atoms with van der Waals surface area (Å²) in [4.78, 5) is 6.27. The number of aromatic nitrogens is 1. The fourth-order valence-electron chi connectivity index (χ4n) is 4.56. The van der Waals surface area contributed by atoms with Gasteiger partial charge in [0.1, 0.15) is 0 Å². The Bertz CT molecular complexity index is 648. The molecule has 3 heteroatoms. The molecule has 1 fully saturated rings. The summed E-state index contributed by atoms with van der Waals surface area (Å²) < 4.78 is 0. The predicted octanol–water partition coefficient (Wildman–Crippen LogP) is 3.25. The van der Waals surface area contributed by atoms with Crippen molar-refractivity contribution in [3.05, 3.63) is 35.5 Å². The lowest BCUT2D eigenvalue weighted by atomic mass is 9.79. The summed E-state index contributed by atoms with van der Waals surface area (Å²) in [5.41, 5.74) is 4.13. The summed E-state index contributed by atoms with van der Waals surface area (Å²) in [6, 6.07) is 9.38. The van der Waals surface area contributed by atoms with E-state index in [2.05, 4.69) is 41.1 Å². The summed E-state index contributed by atoms with van der Waals surface area (Å²) in [6.07, 6.45) is 4.77. The predicted molar refractivity (Wildman–Crippen MR) is 85.3 cm³/mol. The number of nitrogens with one attached hydrogen (secondary N) is 1. The molecule has 2 N–H and O–H groups in total. The van der Waals surface area contributed by atoms with Crippen molar-refractivity contribution in [3.63, 3.8) is 0 Å². The second kappa shape index (κ2) is 5.15. The van der Waals surface area contributed by atoms with E-state index in [-0.39, 0.29) is 12.6 Å². The van der Waals surface area contributed by atoms with Crippen molar-refractivity contribution < 1.29 is 5.11 Å². The second-order valence-corrected chi connectivity index (χ2v) is 6.60. The summed E-state index contributed by atoms with van der Waals surface area (Å²) >= 11 is 0. The van der Waals surface area contributed by atoms with Crippen LogP contribution in [0.2, 0.25) is 0 Å². The molecule has 1 saturated heterocycles. The molecule has 0 radical (unpaired) electrons. The molecule has 0 bridgehead atoms. The highest BCUT2D eigenvalue weighted by Crippen LogP contribution is 2.45. The van der Waals surface area contributed by atoms with Gasteiger partial charge in [-0.15, -0.1) is 0 Å². The van der Waals surface area contributed by atoms with Crippen molar-refractivity contribution in [2.75, 3.05) is 13.2 Å². The summed E-state index contributed by atoms with van der Waals surface area (Å²) in [7, 11) is 0. The van der Waals surface area contributed by atoms with Crippen LogP contribution in [0, 0.1) is 5.92 Å². The summed E-state index contributed by atoms with van der Waals surface area (Å²) in [5.74, 6) is 0.708. The fraction of sp³-hybridized carbons (Fsp3) is 0.556. The second-order valence-electron chi connectivity index (χ2n) is 6.60. The number of hydrogen-bond acceptors (Lipinski definition) is 2. The van der Waals surface area contributed by atoms with E-state index in [1.165, 1.54) is 41.4 Å². The smallest absolute Gasteiger partial charge is 0.0590 e. The maximum absolute atomic E-state index is 9.87. The van der Waals surface area contributed by atoms with Crippen LogP contribution in [0.1, 0.15) is 43.5 Å². The third-order valence-corrected chi connectivity index (χ3v) is 5.58. The van der Waals surface area contributed by atoms with Crippen LogP contribution in [0.4, 0.5) is 0 Å². The van der Waals surface area contributed by atoms with Crippen molar-refractivity contribution in [3.8, 4) is 0 Å². The van der Waals surface area contributed by atoms with Gasteiger partial charge in [0.2, 0.25) is 0 Å². The SMILES string of the molecule is CC[C@@H]1CCCN2[C@H](CO)Cc3c([nH]c4ccccc34)[C@H]12. The monoisotopic (exact) mass is 284 g/mol. The van der Waals surface area contributed by atoms with Crippen LogP contribution in [0.5, 0.6) is 0 Å². The first-order chi connectivity index (χ1) is 10.3. The van der Waals surface area contributed by atoms with Crippen LogP contribution < -0.4 is 0 Å². The van der Waals surface area contributed by atoms with Gasteiger partial charge in [-0.3, -0.25) is 4.90 Å². The van der Waals surface area contributed by atoms with Gasteiger partial charge in [-0.2, -0.15) is 0 Å². The van der Waals surface area contributed by atoms with Crippen molar-refractivity contribution in [1.29, 1.82) is 0 Å². The summed E-state index contributed by atoms with van der Waals surface area (Å²) in [6.45, 7) is 3.70. The Morgan fingerprint density at radius 3 is 3.00 bits per heavy atom. The van der Waals surface area contributed by atoms with E-state index in [9.17, 15) is 5.11 Å². The molecule has 4 rings (SSSR count). The molecule has 1 aromatic heterocycles. The number of aliphatic hydroxyl groups is 1. The van der Waals surface area contributed by atoms with Crippen LogP contribution in [0.15, 0.2) is 24.3 Å². The Balaban J connectivity index is 1.89. The van der Waals surface area contributed by atoms with Gasteiger partial charge >= 0.3 is 0 Å². The van der Waals surface area contributed by atoms with Gasteiger partial charge in [-0.25, -0.2) is 0 Å². The van der Waals surface area contributed by atoms with Crippen molar-refractivity contribution >= 4 is 10.9 Å². The zero-order valence-electron chi connectivity index (χ0n) is 12.7. The lowest BCUT2D eigenvalue weighted by Crippen LogP contribution is -2.50. The standard InChI is InChI=1S/C18H24N2O/c1-2-12-6-5-9-20-13(11-21)10-15-14-7-3-4-8-16(14)19-17(15)18(12)20/h3-4,7-8,12-13,18-19,21H,2,5-6,9-11H2,1H3/t12-,13+,18+/m1/s1. The van der Waals surface area contributed by atoms with Gasteiger partial charge in [0.05, 0.1) is 12.6 Å². The minimum absolute atomic E-state index is 0.270. The first kappa shape index (κ1) is 13.4.